The number of nitrogens with zero attached hydrogens (tertiary/aromatic N) is 3. The van der Waals surface area contributed by atoms with Crippen LogP contribution in [-0.2, 0) is 0 Å². The molecule has 0 atom stereocenters. The number of hydrogen-bond donors (Lipinski definition) is 0. The predicted molar refractivity (Wildman–Crippen MR) is 64.2 cm³/mol. The van der Waals surface area contributed by atoms with Crippen molar-refractivity contribution in [3.63, 3.8) is 0 Å². The number of methoxy groups -OCH3 is 1. The molecule has 4 nitrogen and oxygen atoms in total. The van der Waals surface area contributed by atoms with Gasteiger partial charge in [0.1, 0.15) is 12.1 Å². The summed E-state index contributed by atoms with van der Waals surface area (Å²) >= 11 is 5.86. The molecule has 0 unspecified atom stereocenters. The monoisotopic (exact) mass is 241 g/mol. The minimum absolute atomic E-state index is 0.615. The van der Waals surface area contributed by atoms with Gasteiger partial charge in [-0.2, -0.15) is 0 Å². The normalized spacial score (nSPS) is 17.5. The molecule has 1 fully saturated rings. The highest BCUT2D eigenvalue weighted by atomic mass is 35.5. The average molecular weight is 242 g/mol. The van der Waals surface area contributed by atoms with Gasteiger partial charge < -0.3 is 9.64 Å². The second-order valence-electron chi connectivity index (χ2n) is 4.00. The van der Waals surface area contributed by atoms with Gasteiger partial charge in [0.05, 0.1) is 7.11 Å². The van der Waals surface area contributed by atoms with E-state index in [1.165, 1.54) is 0 Å². The third kappa shape index (κ3) is 2.55. The van der Waals surface area contributed by atoms with E-state index in [-0.39, 0.29) is 0 Å². The van der Waals surface area contributed by atoms with Crippen molar-refractivity contribution in [2.45, 2.75) is 12.8 Å². The summed E-state index contributed by atoms with van der Waals surface area (Å²) in [7, 11) is 1.62. The van der Waals surface area contributed by atoms with E-state index in [1.54, 1.807) is 13.4 Å². The molecule has 0 saturated carbocycles. The van der Waals surface area contributed by atoms with Crippen molar-refractivity contribution in [3.05, 3.63) is 12.4 Å². The van der Waals surface area contributed by atoms with E-state index in [2.05, 4.69) is 14.9 Å². The first-order valence-electron chi connectivity index (χ1n) is 5.50. The van der Waals surface area contributed by atoms with Crippen molar-refractivity contribution < 1.29 is 4.74 Å². The molecule has 2 heterocycles. The van der Waals surface area contributed by atoms with E-state index in [0.717, 1.165) is 37.6 Å². The lowest BCUT2D eigenvalue weighted by atomic mass is 9.99. The summed E-state index contributed by atoms with van der Waals surface area (Å²) in [6.07, 6.45) is 3.81. The minimum atomic E-state index is 0.615. The second-order valence-corrected chi connectivity index (χ2v) is 4.31. The summed E-state index contributed by atoms with van der Waals surface area (Å²) in [6, 6.07) is 1.88. The maximum atomic E-state index is 5.86. The van der Waals surface area contributed by atoms with Crippen LogP contribution >= 0.6 is 11.6 Å². The van der Waals surface area contributed by atoms with Crippen molar-refractivity contribution in [3.8, 4) is 5.88 Å². The van der Waals surface area contributed by atoms with Crippen LogP contribution in [0.15, 0.2) is 12.4 Å². The van der Waals surface area contributed by atoms with Crippen LogP contribution in [0.25, 0.3) is 0 Å². The van der Waals surface area contributed by atoms with E-state index < -0.39 is 0 Å². The molecule has 0 amide bonds. The Kier molecular flexibility index (Phi) is 3.83. The van der Waals surface area contributed by atoms with Gasteiger partial charge in [0.15, 0.2) is 0 Å². The summed E-state index contributed by atoms with van der Waals surface area (Å²) < 4.78 is 5.09. The molecule has 2 rings (SSSR count). The summed E-state index contributed by atoms with van der Waals surface area (Å²) in [5.41, 5.74) is 0. The summed E-state index contributed by atoms with van der Waals surface area (Å²) in [5, 5.41) is 0. The number of rotatable bonds is 3. The largest absolute Gasteiger partial charge is 0.481 e. The lowest BCUT2D eigenvalue weighted by Crippen LogP contribution is -2.34. The zero-order valence-electron chi connectivity index (χ0n) is 9.40. The standard InChI is InChI=1S/C11H16ClN3O/c1-16-11-6-10(13-8-14-11)15-4-2-9(7-12)3-5-15/h6,8-9H,2-5,7H2,1H3. The minimum Gasteiger partial charge on any atom is -0.481 e. The third-order valence-corrected chi connectivity index (χ3v) is 3.43. The fourth-order valence-corrected chi connectivity index (χ4v) is 2.24. The molecule has 5 heteroatoms. The summed E-state index contributed by atoms with van der Waals surface area (Å²) in [5.74, 6) is 2.98. The molecule has 0 spiro atoms. The van der Waals surface area contributed by atoms with Crippen molar-refractivity contribution in [1.82, 2.24) is 9.97 Å². The summed E-state index contributed by atoms with van der Waals surface area (Å²) in [4.78, 5) is 10.5. The highest BCUT2D eigenvalue weighted by Crippen LogP contribution is 2.23. The first-order chi connectivity index (χ1) is 7.83. The lowest BCUT2D eigenvalue weighted by Gasteiger charge is -2.31. The van der Waals surface area contributed by atoms with Gasteiger partial charge in [-0.05, 0) is 18.8 Å². The van der Waals surface area contributed by atoms with Crippen molar-refractivity contribution in [2.75, 3.05) is 31.0 Å². The zero-order chi connectivity index (χ0) is 11.4. The zero-order valence-corrected chi connectivity index (χ0v) is 10.2. The van der Waals surface area contributed by atoms with Gasteiger partial charge in [-0.3, -0.25) is 0 Å². The van der Waals surface area contributed by atoms with Gasteiger partial charge in [0.2, 0.25) is 5.88 Å². The number of hydrogen-bond acceptors (Lipinski definition) is 4. The van der Waals surface area contributed by atoms with Crippen LogP contribution in [0.5, 0.6) is 5.88 Å². The fraction of sp³-hybridized carbons (Fsp3) is 0.636. The Morgan fingerprint density at radius 3 is 2.81 bits per heavy atom. The average Bonchev–Trinajstić information content (AvgIpc) is 2.39. The Bertz CT molecular complexity index is 340. The van der Waals surface area contributed by atoms with E-state index in [4.69, 9.17) is 16.3 Å². The van der Waals surface area contributed by atoms with Crippen LogP contribution in [0.2, 0.25) is 0 Å². The molecule has 0 radical (unpaired) electrons. The van der Waals surface area contributed by atoms with Gasteiger partial charge in [-0.15, -0.1) is 11.6 Å². The Balaban J connectivity index is 2.02. The number of ether oxygens (including phenoxy) is 1. The van der Waals surface area contributed by atoms with E-state index in [0.29, 0.717) is 11.8 Å². The molecular weight excluding hydrogens is 226 g/mol. The van der Waals surface area contributed by atoms with Crippen molar-refractivity contribution in [2.24, 2.45) is 5.92 Å². The molecule has 0 N–H and O–H groups in total. The van der Waals surface area contributed by atoms with Crippen LogP contribution in [0, 0.1) is 5.92 Å². The second kappa shape index (κ2) is 5.34. The number of aromatic nitrogens is 2. The van der Waals surface area contributed by atoms with E-state index in [1.807, 2.05) is 6.07 Å². The Hall–Kier alpha value is -1.03. The Morgan fingerprint density at radius 1 is 1.44 bits per heavy atom. The van der Waals surface area contributed by atoms with E-state index >= 15 is 0 Å². The molecule has 0 bridgehead atoms. The topological polar surface area (TPSA) is 38.2 Å². The number of anilines is 1. The molecule has 88 valence electrons. The molecule has 1 aromatic rings. The van der Waals surface area contributed by atoms with Crippen molar-refractivity contribution in [1.29, 1.82) is 0 Å². The van der Waals surface area contributed by atoms with Crippen LogP contribution in [0.3, 0.4) is 0 Å². The fourth-order valence-electron chi connectivity index (χ4n) is 1.93. The first-order valence-corrected chi connectivity index (χ1v) is 6.04. The molecule has 1 aliphatic rings. The number of halogens is 1. The highest BCUT2D eigenvalue weighted by molar-refractivity contribution is 6.18. The van der Waals surface area contributed by atoms with Gasteiger partial charge in [0, 0.05) is 25.0 Å². The van der Waals surface area contributed by atoms with Crippen molar-refractivity contribution >= 4 is 17.4 Å². The third-order valence-electron chi connectivity index (χ3n) is 2.99. The van der Waals surface area contributed by atoms with Gasteiger partial charge in [-0.25, -0.2) is 9.97 Å². The highest BCUT2D eigenvalue weighted by Gasteiger charge is 2.19. The maximum absolute atomic E-state index is 5.86. The lowest BCUT2D eigenvalue weighted by molar-refractivity contribution is 0.395. The van der Waals surface area contributed by atoms with Crippen LogP contribution < -0.4 is 9.64 Å². The van der Waals surface area contributed by atoms with Crippen LogP contribution in [-0.4, -0.2) is 36.0 Å². The molecule has 1 aliphatic heterocycles. The molecule has 0 aliphatic carbocycles. The van der Waals surface area contributed by atoms with Gasteiger partial charge in [-0.1, -0.05) is 0 Å². The molecule has 1 aromatic heterocycles. The van der Waals surface area contributed by atoms with Crippen LogP contribution in [0.4, 0.5) is 5.82 Å². The molecule has 1 saturated heterocycles. The Labute approximate surface area is 101 Å². The van der Waals surface area contributed by atoms with Crippen LogP contribution in [0.1, 0.15) is 12.8 Å². The predicted octanol–water partition coefficient (Wildman–Crippen LogP) is 1.94. The molecule has 0 aromatic carbocycles. The smallest absolute Gasteiger partial charge is 0.218 e. The van der Waals surface area contributed by atoms with Gasteiger partial charge >= 0.3 is 0 Å². The maximum Gasteiger partial charge on any atom is 0.218 e. The SMILES string of the molecule is COc1cc(N2CCC(CCl)CC2)ncn1. The summed E-state index contributed by atoms with van der Waals surface area (Å²) in [6.45, 7) is 2.02. The number of piperidine rings is 1. The quantitative estimate of drug-likeness (QED) is 0.759. The number of alkyl halides is 1. The molecule has 16 heavy (non-hydrogen) atoms. The van der Waals surface area contributed by atoms with Gasteiger partial charge in [0.25, 0.3) is 0 Å². The molecular formula is C11H16ClN3O. The van der Waals surface area contributed by atoms with E-state index in [9.17, 15) is 0 Å². The first kappa shape index (κ1) is 11.5. The Morgan fingerprint density at radius 2 is 2.19 bits per heavy atom.